The molecule has 2 aliphatic rings. The van der Waals surface area contributed by atoms with Crippen LogP contribution in [-0.4, -0.2) is 53.3 Å². The Morgan fingerprint density at radius 3 is 2.18 bits per heavy atom. The number of pyridine rings is 1. The minimum absolute atomic E-state index is 0. The predicted octanol–water partition coefficient (Wildman–Crippen LogP) is 5.98. The topological polar surface area (TPSA) is 36.4 Å². The molecule has 0 bridgehead atoms. The Hall–Kier alpha value is -0.880. The highest BCUT2D eigenvalue weighted by Gasteiger charge is 2.21. The fourth-order valence-corrected chi connectivity index (χ4v) is 4.78. The van der Waals surface area contributed by atoms with Gasteiger partial charge in [0.15, 0.2) is 0 Å². The maximum atomic E-state index is 12.4. The van der Waals surface area contributed by atoms with Crippen LogP contribution in [0.2, 0.25) is 5.02 Å². The molecule has 0 spiro atoms. The van der Waals surface area contributed by atoms with Crippen LogP contribution < -0.4 is 0 Å². The highest BCUT2D eigenvalue weighted by atomic mass is 35.5. The maximum Gasteiger partial charge on any atom is 0.140 e. The molecule has 0 amide bonds. The molecule has 0 unspecified atom stereocenters. The Balaban J connectivity index is 0.00000181. The molecule has 2 aliphatic heterocycles. The van der Waals surface area contributed by atoms with Crippen molar-refractivity contribution in [3.8, 4) is 0 Å². The molecule has 0 radical (unpaired) electrons. The van der Waals surface area contributed by atoms with E-state index in [1.807, 2.05) is 24.4 Å². The zero-order valence-electron chi connectivity index (χ0n) is 19.0. The van der Waals surface area contributed by atoms with E-state index in [4.69, 9.17) is 11.6 Å². The van der Waals surface area contributed by atoms with E-state index in [-0.39, 0.29) is 43.0 Å². The van der Waals surface area contributed by atoms with Gasteiger partial charge in [-0.05, 0) is 87.1 Å². The van der Waals surface area contributed by atoms with Crippen molar-refractivity contribution in [3.63, 3.8) is 0 Å². The number of hydrogen-bond donors (Lipinski definition) is 0. The molecule has 33 heavy (non-hydrogen) atoms. The summed E-state index contributed by atoms with van der Waals surface area (Å²) in [6.07, 6.45) is 7.92. The molecule has 1 aromatic heterocycles. The summed E-state index contributed by atoms with van der Waals surface area (Å²) in [5, 5.41) is 0.797. The van der Waals surface area contributed by atoms with Crippen molar-refractivity contribution >= 4 is 54.6 Å². The average molecular weight is 535 g/mol. The molecule has 1 aromatic carbocycles. The van der Waals surface area contributed by atoms with Crippen molar-refractivity contribution in [2.24, 2.45) is 0 Å². The third-order valence-electron chi connectivity index (χ3n) is 6.51. The lowest BCUT2D eigenvalue weighted by molar-refractivity contribution is -0.118. The fraction of sp³-hybridized carbons (Fsp3) is 0.520. The van der Waals surface area contributed by atoms with Crippen molar-refractivity contribution < 1.29 is 4.79 Å². The van der Waals surface area contributed by atoms with Gasteiger partial charge in [0.1, 0.15) is 5.78 Å². The number of likely N-dealkylation sites (tertiary alicyclic amines) is 2. The summed E-state index contributed by atoms with van der Waals surface area (Å²) in [7, 11) is 0. The Kier molecular flexibility index (Phi) is 13.9. The van der Waals surface area contributed by atoms with Crippen LogP contribution >= 0.6 is 48.8 Å². The van der Waals surface area contributed by atoms with Gasteiger partial charge in [0.05, 0.1) is 0 Å². The number of carbonyl (C=O) groups is 1. The number of rotatable bonds is 8. The normalized spacial score (nSPS) is 17.0. The maximum absolute atomic E-state index is 12.4. The van der Waals surface area contributed by atoms with E-state index in [1.54, 1.807) is 0 Å². The summed E-state index contributed by atoms with van der Waals surface area (Å²) in [5.74, 6) is 0.895. The number of aromatic nitrogens is 1. The molecule has 8 heteroatoms. The minimum atomic E-state index is 0. The summed E-state index contributed by atoms with van der Waals surface area (Å²) < 4.78 is 0. The molecule has 0 atom stereocenters. The highest BCUT2D eigenvalue weighted by molar-refractivity contribution is 6.30. The third kappa shape index (κ3) is 9.35. The van der Waals surface area contributed by atoms with Gasteiger partial charge in [-0.15, -0.1) is 37.2 Å². The van der Waals surface area contributed by atoms with Crippen LogP contribution in [0.3, 0.4) is 0 Å². The van der Waals surface area contributed by atoms with Crippen LogP contribution in [-0.2, 0) is 17.8 Å². The fourth-order valence-electron chi connectivity index (χ4n) is 4.65. The molecule has 3 heterocycles. The number of hydrogen-bond acceptors (Lipinski definition) is 4. The number of nitrogens with zero attached hydrogens (tertiary/aromatic N) is 3. The molecule has 4 rings (SSSR count). The van der Waals surface area contributed by atoms with Crippen LogP contribution in [0.25, 0.3) is 0 Å². The Morgan fingerprint density at radius 2 is 1.58 bits per heavy atom. The molecule has 2 saturated heterocycles. The lowest BCUT2D eigenvalue weighted by atomic mass is 9.89. The summed E-state index contributed by atoms with van der Waals surface area (Å²) in [5.41, 5.74) is 3.53. The number of benzene rings is 1. The molecule has 4 nitrogen and oxygen atoms in total. The quantitative estimate of drug-likeness (QED) is 0.417. The van der Waals surface area contributed by atoms with Gasteiger partial charge in [-0.2, -0.15) is 0 Å². The number of piperidine rings is 1. The second kappa shape index (κ2) is 15.2. The van der Waals surface area contributed by atoms with Gasteiger partial charge in [-0.1, -0.05) is 29.8 Å². The van der Waals surface area contributed by atoms with Gasteiger partial charge >= 0.3 is 0 Å². The van der Waals surface area contributed by atoms with E-state index in [1.165, 1.54) is 37.1 Å². The van der Waals surface area contributed by atoms with Crippen molar-refractivity contribution in [2.75, 3.05) is 32.7 Å². The number of halogens is 4. The summed E-state index contributed by atoms with van der Waals surface area (Å²) >= 11 is 6.00. The molecule has 2 aromatic rings. The Morgan fingerprint density at radius 1 is 0.909 bits per heavy atom. The summed E-state index contributed by atoms with van der Waals surface area (Å²) in [4.78, 5) is 21.9. The molecular weight excluding hydrogens is 500 g/mol. The van der Waals surface area contributed by atoms with E-state index < -0.39 is 0 Å². The lowest BCUT2D eigenvalue weighted by Crippen LogP contribution is -2.34. The highest BCUT2D eigenvalue weighted by Crippen LogP contribution is 2.28. The first-order valence-corrected chi connectivity index (χ1v) is 11.7. The first-order chi connectivity index (χ1) is 14.7. The molecular formula is C25H35Cl4N3O. The van der Waals surface area contributed by atoms with E-state index in [9.17, 15) is 4.79 Å². The van der Waals surface area contributed by atoms with Crippen LogP contribution in [0, 0.1) is 0 Å². The van der Waals surface area contributed by atoms with Gasteiger partial charge < -0.3 is 4.90 Å². The van der Waals surface area contributed by atoms with Crippen LogP contribution in [0.15, 0.2) is 42.6 Å². The number of carbonyl (C=O) groups excluding carboxylic acids is 1. The number of ketones is 1. The molecule has 0 saturated carbocycles. The van der Waals surface area contributed by atoms with Gasteiger partial charge in [0.2, 0.25) is 0 Å². The molecule has 0 aliphatic carbocycles. The van der Waals surface area contributed by atoms with Gasteiger partial charge in [-0.3, -0.25) is 14.7 Å². The SMILES string of the molecule is Cl.Cl.Cl.O=C(CCN1CCC(c2ccc(Cl)cc2)CC1)Cc1ccc(CN2CCCC2)cn1. The predicted molar refractivity (Wildman–Crippen MR) is 144 cm³/mol. The van der Waals surface area contributed by atoms with E-state index in [0.717, 1.165) is 49.7 Å². The first kappa shape index (κ1) is 30.2. The molecule has 184 valence electrons. The van der Waals surface area contributed by atoms with Gasteiger partial charge in [0, 0.05) is 42.8 Å². The van der Waals surface area contributed by atoms with Crippen molar-refractivity contribution in [2.45, 2.75) is 51.0 Å². The van der Waals surface area contributed by atoms with Crippen molar-refractivity contribution in [3.05, 3.63) is 64.4 Å². The summed E-state index contributed by atoms with van der Waals surface area (Å²) in [6.45, 7) is 6.34. The average Bonchev–Trinajstić information content (AvgIpc) is 3.28. The Labute approximate surface area is 221 Å². The monoisotopic (exact) mass is 533 g/mol. The molecule has 2 fully saturated rings. The van der Waals surface area contributed by atoms with Crippen molar-refractivity contribution in [1.82, 2.24) is 14.8 Å². The van der Waals surface area contributed by atoms with Gasteiger partial charge in [0.25, 0.3) is 0 Å². The summed E-state index contributed by atoms with van der Waals surface area (Å²) in [6, 6.07) is 12.4. The second-order valence-electron chi connectivity index (χ2n) is 8.77. The zero-order valence-corrected chi connectivity index (χ0v) is 22.2. The van der Waals surface area contributed by atoms with Gasteiger partial charge in [-0.25, -0.2) is 0 Å². The minimum Gasteiger partial charge on any atom is -0.303 e. The molecule has 0 N–H and O–H groups in total. The smallest absolute Gasteiger partial charge is 0.140 e. The second-order valence-corrected chi connectivity index (χ2v) is 9.21. The van der Waals surface area contributed by atoms with E-state index >= 15 is 0 Å². The Bertz CT molecular complexity index is 819. The largest absolute Gasteiger partial charge is 0.303 e. The van der Waals surface area contributed by atoms with Crippen LogP contribution in [0.5, 0.6) is 0 Å². The number of Topliss-reactive ketones (excluding diaryl/α,β-unsaturated/α-hetero) is 1. The first-order valence-electron chi connectivity index (χ1n) is 11.3. The van der Waals surface area contributed by atoms with Crippen LogP contribution in [0.4, 0.5) is 0 Å². The third-order valence-corrected chi connectivity index (χ3v) is 6.76. The van der Waals surface area contributed by atoms with E-state index in [2.05, 4.69) is 33.0 Å². The zero-order chi connectivity index (χ0) is 20.8. The van der Waals surface area contributed by atoms with E-state index in [0.29, 0.717) is 18.8 Å². The van der Waals surface area contributed by atoms with Crippen molar-refractivity contribution in [1.29, 1.82) is 0 Å². The standard InChI is InChI=1S/C25H32ClN3O.3ClH/c26-23-6-4-21(5-7-23)22-9-14-28(15-10-22)16-11-25(30)17-24-8-3-20(18-27-24)19-29-12-1-2-13-29;;;/h3-8,18,22H,1-2,9-17,19H2;3*1H. The lowest BCUT2D eigenvalue weighted by Gasteiger charge is -2.32. The van der Waals surface area contributed by atoms with Crippen LogP contribution in [0.1, 0.15) is 54.8 Å².